The molecule has 0 atom stereocenters. The molecule has 1 fully saturated rings. The number of hydrogen-bond acceptors (Lipinski definition) is 2. The fourth-order valence-corrected chi connectivity index (χ4v) is 2.52. The average Bonchev–Trinajstić information content (AvgIpc) is 2.37. The van der Waals surface area contributed by atoms with Crippen LogP contribution in [0.4, 0.5) is 13.2 Å². The molecule has 5 heteroatoms. The molecule has 0 spiro atoms. The van der Waals surface area contributed by atoms with Gasteiger partial charge >= 0.3 is 6.18 Å². The molecule has 0 bridgehead atoms. The van der Waals surface area contributed by atoms with E-state index in [9.17, 15) is 13.2 Å². The molecule has 0 aliphatic carbocycles. The molecule has 2 nitrogen and oxygen atoms in total. The van der Waals surface area contributed by atoms with Crippen LogP contribution in [0.1, 0.15) is 43.7 Å². The van der Waals surface area contributed by atoms with Crippen LogP contribution in [0.3, 0.4) is 0 Å². The zero-order chi connectivity index (χ0) is 14.8. The van der Waals surface area contributed by atoms with Crippen molar-refractivity contribution in [1.82, 2.24) is 5.32 Å². The van der Waals surface area contributed by atoms with Gasteiger partial charge < -0.3 is 10.1 Å². The van der Waals surface area contributed by atoms with Gasteiger partial charge in [-0.25, -0.2) is 0 Å². The molecular formula is C15H20F3NO. The molecule has 0 unspecified atom stereocenters. The van der Waals surface area contributed by atoms with Gasteiger partial charge in [0.05, 0.1) is 11.7 Å². The van der Waals surface area contributed by atoms with Crippen LogP contribution < -0.4 is 10.1 Å². The Balaban J connectivity index is 2.34. The first-order chi connectivity index (χ1) is 9.36. The summed E-state index contributed by atoms with van der Waals surface area (Å²) in [6.45, 7) is 5.32. The first-order valence-corrected chi connectivity index (χ1v) is 6.96. The first kappa shape index (κ1) is 15.2. The molecular weight excluding hydrogens is 267 g/mol. The molecule has 1 aliphatic heterocycles. The number of alkyl halides is 3. The van der Waals surface area contributed by atoms with Crippen molar-refractivity contribution in [3.63, 3.8) is 0 Å². The predicted molar refractivity (Wildman–Crippen MR) is 72.1 cm³/mol. The normalized spacial score (nSPS) is 17.5. The highest BCUT2D eigenvalue weighted by atomic mass is 19.4. The Morgan fingerprint density at radius 2 is 1.80 bits per heavy atom. The minimum absolute atomic E-state index is 0.139. The number of rotatable bonds is 3. The highest BCUT2D eigenvalue weighted by Gasteiger charge is 2.32. The van der Waals surface area contributed by atoms with E-state index in [1.807, 2.05) is 13.8 Å². The molecule has 1 N–H and O–H groups in total. The second-order valence-electron chi connectivity index (χ2n) is 5.48. The number of benzene rings is 1. The van der Waals surface area contributed by atoms with Gasteiger partial charge in [0.1, 0.15) is 5.75 Å². The molecule has 20 heavy (non-hydrogen) atoms. The summed E-state index contributed by atoms with van der Waals surface area (Å²) in [5, 5.41) is 3.22. The van der Waals surface area contributed by atoms with Crippen LogP contribution in [-0.2, 0) is 6.18 Å². The maximum atomic E-state index is 13.0. The van der Waals surface area contributed by atoms with Crippen molar-refractivity contribution in [2.45, 2.75) is 44.9 Å². The van der Waals surface area contributed by atoms with Gasteiger partial charge in [-0.15, -0.1) is 0 Å². The van der Waals surface area contributed by atoms with Crippen LogP contribution in [0.25, 0.3) is 0 Å². The van der Waals surface area contributed by atoms with E-state index < -0.39 is 11.7 Å². The minimum atomic E-state index is -4.34. The Morgan fingerprint density at radius 3 is 2.35 bits per heavy atom. The standard InChI is InChI=1S/C15H20F3NO/c1-10(2)20-14-8-12(11-3-5-19-6-4-11)7-13(9-14)15(16,17)18/h7-11,19H,3-6H2,1-2H3. The average molecular weight is 287 g/mol. The summed E-state index contributed by atoms with van der Waals surface area (Å²) in [7, 11) is 0. The maximum Gasteiger partial charge on any atom is 0.416 e. The molecule has 0 amide bonds. The third-order valence-electron chi connectivity index (χ3n) is 3.44. The van der Waals surface area contributed by atoms with Crippen molar-refractivity contribution in [2.75, 3.05) is 13.1 Å². The third kappa shape index (κ3) is 3.88. The number of ether oxygens (including phenoxy) is 1. The number of piperidine rings is 1. The van der Waals surface area contributed by atoms with Gasteiger partial charge in [-0.3, -0.25) is 0 Å². The third-order valence-corrected chi connectivity index (χ3v) is 3.44. The van der Waals surface area contributed by atoms with Gasteiger partial charge in [-0.2, -0.15) is 13.2 Å². The summed E-state index contributed by atoms with van der Waals surface area (Å²) >= 11 is 0. The minimum Gasteiger partial charge on any atom is -0.491 e. The van der Waals surface area contributed by atoms with Crippen molar-refractivity contribution in [3.05, 3.63) is 29.3 Å². The molecule has 0 radical (unpaired) electrons. The first-order valence-electron chi connectivity index (χ1n) is 6.96. The molecule has 1 aliphatic rings. The van der Waals surface area contributed by atoms with Crippen molar-refractivity contribution >= 4 is 0 Å². The smallest absolute Gasteiger partial charge is 0.416 e. The van der Waals surface area contributed by atoms with E-state index in [1.54, 1.807) is 6.07 Å². The fourth-order valence-electron chi connectivity index (χ4n) is 2.52. The zero-order valence-corrected chi connectivity index (χ0v) is 11.8. The van der Waals surface area contributed by atoms with E-state index in [1.165, 1.54) is 6.07 Å². The van der Waals surface area contributed by atoms with E-state index in [0.29, 0.717) is 5.75 Å². The van der Waals surface area contributed by atoms with E-state index in [-0.39, 0.29) is 12.0 Å². The largest absolute Gasteiger partial charge is 0.491 e. The van der Waals surface area contributed by atoms with Crippen LogP contribution in [-0.4, -0.2) is 19.2 Å². The second-order valence-corrected chi connectivity index (χ2v) is 5.48. The van der Waals surface area contributed by atoms with Gasteiger partial charge in [0.15, 0.2) is 0 Å². The van der Waals surface area contributed by atoms with Crippen LogP contribution in [0.5, 0.6) is 5.75 Å². The Labute approximate surface area is 117 Å². The predicted octanol–water partition coefficient (Wildman–Crippen LogP) is 3.96. The van der Waals surface area contributed by atoms with Gasteiger partial charge in [-0.05, 0) is 69.5 Å². The summed E-state index contributed by atoms with van der Waals surface area (Å²) in [6.07, 6.45) is -2.75. The molecule has 1 aromatic rings. The quantitative estimate of drug-likeness (QED) is 0.908. The molecule has 1 saturated heterocycles. The Bertz CT molecular complexity index is 451. The van der Waals surface area contributed by atoms with E-state index in [4.69, 9.17) is 4.74 Å². The van der Waals surface area contributed by atoms with E-state index in [2.05, 4.69) is 5.32 Å². The highest BCUT2D eigenvalue weighted by molar-refractivity contribution is 5.38. The lowest BCUT2D eigenvalue weighted by Gasteiger charge is -2.24. The molecule has 0 saturated carbocycles. The summed E-state index contributed by atoms with van der Waals surface area (Å²) in [5.41, 5.74) is 0.112. The summed E-state index contributed by atoms with van der Waals surface area (Å²) in [6, 6.07) is 4.11. The van der Waals surface area contributed by atoms with Crippen LogP contribution in [0.15, 0.2) is 18.2 Å². The Hall–Kier alpha value is -1.23. The Kier molecular flexibility index (Phi) is 4.58. The molecule has 1 aromatic carbocycles. The van der Waals surface area contributed by atoms with Crippen LogP contribution in [0, 0.1) is 0 Å². The lowest BCUT2D eigenvalue weighted by molar-refractivity contribution is -0.137. The fraction of sp³-hybridized carbons (Fsp3) is 0.600. The summed E-state index contributed by atoms with van der Waals surface area (Å²) in [5.74, 6) is 0.483. The topological polar surface area (TPSA) is 21.3 Å². The number of nitrogens with one attached hydrogen (secondary N) is 1. The van der Waals surface area contributed by atoms with Crippen molar-refractivity contribution < 1.29 is 17.9 Å². The number of halogens is 3. The summed E-state index contributed by atoms with van der Waals surface area (Å²) in [4.78, 5) is 0. The molecule has 2 rings (SSSR count). The lowest BCUT2D eigenvalue weighted by atomic mass is 9.89. The van der Waals surface area contributed by atoms with Crippen LogP contribution in [0.2, 0.25) is 0 Å². The molecule has 0 aromatic heterocycles. The summed E-state index contributed by atoms with van der Waals surface area (Å²) < 4.78 is 44.4. The van der Waals surface area contributed by atoms with Crippen molar-refractivity contribution in [1.29, 1.82) is 0 Å². The number of hydrogen-bond donors (Lipinski definition) is 1. The van der Waals surface area contributed by atoms with Gasteiger partial charge in [-0.1, -0.05) is 0 Å². The maximum absolute atomic E-state index is 13.0. The van der Waals surface area contributed by atoms with Crippen molar-refractivity contribution in [3.8, 4) is 5.75 Å². The molecule has 1 heterocycles. The second kappa shape index (κ2) is 6.04. The van der Waals surface area contributed by atoms with Gasteiger partial charge in [0.25, 0.3) is 0 Å². The zero-order valence-electron chi connectivity index (χ0n) is 11.8. The van der Waals surface area contributed by atoms with Gasteiger partial charge in [0.2, 0.25) is 0 Å². The Morgan fingerprint density at radius 1 is 1.15 bits per heavy atom. The SMILES string of the molecule is CC(C)Oc1cc(C2CCNCC2)cc(C(F)(F)F)c1. The van der Waals surface area contributed by atoms with Crippen molar-refractivity contribution in [2.24, 2.45) is 0 Å². The highest BCUT2D eigenvalue weighted by Crippen LogP contribution is 2.36. The van der Waals surface area contributed by atoms with E-state index >= 15 is 0 Å². The lowest BCUT2D eigenvalue weighted by Crippen LogP contribution is -2.26. The van der Waals surface area contributed by atoms with Crippen LogP contribution >= 0.6 is 0 Å². The van der Waals surface area contributed by atoms with Gasteiger partial charge in [0, 0.05) is 0 Å². The van der Waals surface area contributed by atoms with E-state index in [0.717, 1.165) is 37.6 Å². The molecule has 112 valence electrons. The monoisotopic (exact) mass is 287 g/mol.